The Hall–Kier alpha value is -3.05. The lowest BCUT2D eigenvalue weighted by Gasteiger charge is -2.06. The van der Waals surface area contributed by atoms with Crippen LogP contribution in [0.15, 0.2) is 40.0 Å². The molecular weight excluding hydrogens is 400 g/mol. The number of hydrogen-bond donors (Lipinski definition) is 2. The summed E-state index contributed by atoms with van der Waals surface area (Å²) in [4.78, 5) is 14.1. The van der Waals surface area contributed by atoms with Gasteiger partial charge in [0.1, 0.15) is 23.2 Å². The van der Waals surface area contributed by atoms with Gasteiger partial charge in [0.05, 0.1) is 4.90 Å². The van der Waals surface area contributed by atoms with E-state index in [-0.39, 0.29) is 4.90 Å². The molecule has 28 heavy (non-hydrogen) atoms. The first kappa shape index (κ1) is 18.3. The standard InChI is InChI=1S/C17H16N6O3S2/c1-9-13(10(2)26-23-9)21-17-22-14-15(18-8-19-16(14)27-17)20-11-4-6-12(7-5-11)28(3,24)25/h4-8H,1-3H3,(H,21,22)(H,18,19,20). The van der Waals surface area contributed by atoms with E-state index < -0.39 is 9.84 Å². The van der Waals surface area contributed by atoms with Gasteiger partial charge in [-0.2, -0.15) is 0 Å². The Labute approximate surface area is 164 Å². The number of rotatable bonds is 5. The number of aryl methyl sites for hydroxylation is 2. The summed E-state index contributed by atoms with van der Waals surface area (Å²) < 4.78 is 28.3. The van der Waals surface area contributed by atoms with Gasteiger partial charge in [0.25, 0.3) is 0 Å². The van der Waals surface area contributed by atoms with Crippen LogP contribution < -0.4 is 10.6 Å². The second-order valence-corrected chi connectivity index (χ2v) is 9.13. The Bertz CT molecular complexity index is 1240. The first-order valence-corrected chi connectivity index (χ1v) is 10.9. The third-order valence-corrected chi connectivity index (χ3v) is 6.01. The first-order chi connectivity index (χ1) is 13.3. The smallest absolute Gasteiger partial charge is 0.190 e. The number of fused-ring (bicyclic) bond motifs is 1. The molecule has 0 fully saturated rings. The third kappa shape index (κ3) is 3.53. The second-order valence-electron chi connectivity index (χ2n) is 6.14. The Kier molecular flexibility index (Phi) is 4.47. The summed E-state index contributed by atoms with van der Waals surface area (Å²) in [5, 5.41) is 10.9. The van der Waals surface area contributed by atoms with Gasteiger partial charge in [-0.05, 0) is 38.1 Å². The van der Waals surface area contributed by atoms with Crippen LogP contribution in [0.3, 0.4) is 0 Å². The number of aromatic nitrogens is 4. The van der Waals surface area contributed by atoms with Gasteiger partial charge in [0.15, 0.2) is 31.4 Å². The average Bonchev–Trinajstić information content (AvgIpc) is 3.20. The molecule has 3 heterocycles. The van der Waals surface area contributed by atoms with Crippen molar-refractivity contribution in [3.05, 3.63) is 42.0 Å². The summed E-state index contributed by atoms with van der Waals surface area (Å²) in [5.41, 5.74) is 2.82. The number of hydrogen-bond acceptors (Lipinski definition) is 10. The number of sulfone groups is 1. The molecule has 4 rings (SSSR count). The molecule has 0 atom stereocenters. The first-order valence-electron chi connectivity index (χ1n) is 8.20. The van der Waals surface area contributed by atoms with Crippen LogP contribution in [0, 0.1) is 13.8 Å². The van der Waals surface area contributed by atoms with Gasteiger partial charge in [0.2, 0.25) is 0 Å². The monoisotopic (exact) mass is 416 g/mol. The number of anilines is 4. The summed E-state index contributed by atoms with van der Waals surface area (Å²) in [6.45, 7) is 3.67. The van der Waals surface area contributed by atoms with Crippen molar-refractivity contribution in [3.63, 3.8) is 0 Å². The Morgan fingerprint density at radius 3 is 2.46 bits per heavy atom. The molecule has 0 aliphatic carbocycles. The van der Waals surface area contributed by atoms with E-state index in [1.54, 1.807) is 24.3 Å². The minimum absolute atomic E-state index is 0.255. The van der Waals surface area contributed by atoms with Crippen molar-refractivity contribution in [1.82, 2.24) is 20.1 Å². The van der Waals surface area contributed by atoms with Crippen molar-refractivity contribution in [1.29, 1.82) is 0 Å². The lowest BCUT2D eigenvalue weighted by atomic mass is 10.3. The molecule has 0 aliphatic rings. The Morgan fingerprint density at radius 2 is 1.82 bits per heavy atom. The molecule has 0 saturated carbocycles. The molecule has 3 aromatic heterocycles. The maximum absolute atomic E-state index is 11.6. The Balaban J connectivity index is 1.64. The summed E-state index contributed by atoms with van der Waals surface area (Å²) in [7, 11) is -3.24. The minimum Gasteiger partial charge on any atom is -0.359 e. The zero-order chi connectivity index (χ0) is 19.9. The van der Waals surface area contributed by atoms with Gasteiger partial charge >= 0.3 is 0 Å². The number of thiazole rings is 1. The van der Waals surface area contributed by atoms with E-state index in [2.05, 4.69) is 30.7 Å². The molecule has 0 aliphatic heterocycles. The zero-order valence-corrected chi connectivity index (χ0v) is 16.8. The van der Waals surface area contributed by atoms with E-state index >= 15 is 0 Å². The van der Waals surface area contributed by atoms with Crippen LogP contribution in [-0.4, -0.2) is 34.8 Å². The fraction of sp³-hybridized carbons (Fsp3) is 0.176. The van der Waals surface area contributed by atoms with E-state index in [1.165, 1.54) is 23.9 Å². The highest BCUT2D eigenvalue weighted by Crippen LogP contribution is 2.32. The molecule has 144 valence electrons. The fourth-order valence-corrected chi connectivity index (χ4v) is 4.03. The van der Waals surface area contributed by atoms with Crippen LogP contribution in [0.4, 0.5) is 22.3 Å². The topological polar surface area (TPSA) is 123 Å². The van der Waals surface area contributed by atoms with Gasteiger partial charge in [-0.25, -0.2) is 23.4 Å². The fourth-order valence-electron chi connectivity index (χ4n) is 2.59. The summed E-state index contributed by atoms with van der Waals surface area (Å²) >= 11 is 1.38. The van der Waals surface area contributed by atoms with Crippen molar-refractivity contribution in [3.8, 4) is 0 Å². The van der Waals surface area contributed by atoms with Crippen molar-refractivity contribution in [2.24, 2.45) is 0 Å². The summed E-state index contributed by atoms with van der Waals surface area (Å²) in [6.07, 6.45) is 2.62. The normalized spacial score (nSPS) is 11.7. The van der Waals surface area contributed by atoms with Crippen LogP contribution in [0.2, 0.25) is 0 Å². The van der Waals surface area contributed by atoms with Crippen LogP contribution >= 0.6 is 11.3 Å². The molecule has 0 radical (unpaired) electrons. The maximum Gasteiger partial charge on any atom is 0.190 e. The van der Waals surface area contributed by atoms with E-state index in [1.807, 2.05) is 13.8 Å². The average molecular weight is 416 g/mol. The SMILES string of the molecule is Cc1noc(C)c1Nc1nc2c(Nc3ccc(S(C)(=O)=O)cc3)ncnc2s1. The minimum atomic E-state index is -3.24. The summed E-state index contributed by atoms with van der Waals surface area (Å²) in [5.74, 6) is 1.20. The van der Waals surface area contributed by atoms with Gasteiger partial charge in [-0.3, -0.25) is 0 Å². The van der Waals surface area contributed by atoms with Crippen molar-refractivity contribution < 1.29 is 12.9 Å². The van der Waals surface area contributed by atoms with Crippen LogP contribution in [0.1, 0.15) is 11.5 Å². The number of nitrogens with zero attached hydrogens (tertiary/aromatic N) is 4. The van der Waals surface area contributed by atoms with Gasteiger partial charge in [0, 0.05) is 11.9 Å². The molecule has 0 spiro atoms. The van der Waals surface area contributed by atoms with Crippen molar-refractivity contribution in [2.45, 2.75) is 18.7 Å². The molecule has 1 aromatic carbocycles. The lowest BCUT2D eigenvalue weighted by Crippen LogP contribution is -1.99. The summed E-state index contributed by atoms with van der Waals surface area (Å²) in [6, 6.07) is 6.45. The van der Waals surface area contributed by atoms with Crippen molar-refractivity contribution in [2.75, 3.05) is 16.9 Å². The van der Waals surface area contributed by atoms with E-state index in [0.29, 0.717) is 32.7 Å². The predicted molar refractivity (Wildman–Crippen MR) is 107 cm³/mol. The van der Waals surface area contributed by atoms with Crippen LogP contribution in [0.25, 0.3) is 10.3 Å². The molecule has 0 bridgehead atoms. The van der Waals surface area contributed by atoms with Crippen molar-refractivity contribution >= 4 is 53.8 Å². The predicted octanol–water partition coefficient (Wildman–Crippen LogP) is 3.58. The highest BCUT2D eigenvalue weighted by molar-refractivity contribution is 7.90. The molecule has 0 saturated heterocycles. The zero-order valence-electron chi connectivity index (χ0n) is 15.2. The second kappa shape index (κ2) is 6.84. The maximum atomic E-state index is 11.6. The lowest BCUT2D eigenvalue weighted by molar-refractivity contribution is 0.393. The molecule has 2 N–H and O–H groups in total. The van der Waals surface area contributed by atoms with Gasteiger partial charge in [-0.1, -0.05) is 16.5 Å². The molecule has 0 unspecified atom stereocenters. The molecule has 4 aromatic rings. The molecular formula is C17H16N6O3S2. The highest BCUT2D eigenvalue weighted by Gasteiger charge is 2.15. The van der Waals surface area contributed by atoms with Crippen LogP contribution in [0.5, 0.6) is 0 Å². The largest absolute Gasteiger partial charge is 0.359 e. The highest BCUT2D eigenvalue weighted by atomic mass is 32.2. The van der Waals surface area contributed by atoms with Gasteiger partial charge in [-0.15, -0.1) is 0 Å². The van der Waals surface area contributed by atoms with Gasteiger partial charge < -0.3 is 15.2 Å². The quantitative estimate of drug-likeness (QED) is 0.502. The molecule has 9 nitrogen and oxygen atoms in total. The molecule has 11 heteroatoms. The van der Waals surface area contributed by atoms with E-state index in [0.717, 1.165) is 11.4 Å². The third-order valence-electron chi connectivity index (χ3n) is 4.01. The number of nitrogens with one attached hydrogen (secondary N) is 2. The Morgan fingerprint density at radius 1 is 1.07 bits per heavy atom. The van der Waals surface area contributed by atoms with E-state index in [9.17, 15) is 8.42 Å². The van der Waals surface area contributed by atoms with E-state index in [4.69, 9.17) is 4.52 Å². The molecule has 0 amide bonds. The van der Waals surface area contributed by atoms with Crippen LogP contribution in [-0.2, 0) is 9.84 Å². The number of benzene rings is 1.